The molecule has 0 radical (unpaired) electrons. The maximum atomic E-state index is 13.5. The highest BCUT2D eigenvalue weighted by Gasteiger charge is 2.54. The van der Waals surface area contributed by atoms with Gasteiger partial charge < -0.3 is 11.1 Å². The maximum absolute atomic E-state index is 13.5. The summed E-state index contributed by atoms with van der Waals surface area (Å²) in [4.78, 5) is 39.6. The van der Waals surface area contributed by atoms with Crippen LogP contribution in [0.3, 0.4) is 0 Å². The number of carbonyl (C=O) groups is 3. The number of amides is 3. The average Bonchev–Trinajstić information content (AvgIpc) is 3.21. The quantitative estimate of drug-likeness (QED) is 0.153. The number of carbonyl (C=O) groups excluding carboxylic acids is 3. The van der Waals surface area contributed by atoms with Crippen LogP contribution in [0.25, 0.3) is 0 Å². The number of benzene rings is 3. The normalized spacial score (nSPS) is 22.6. The Hall–Kier alpha value is -2.81. The topological polar surface area (TPSA) is 95.7 Å². The summed E-state index contributed by atoms with van der Waals surface area (Å²) in [5.74, 6) is -0.934. The second-order valence-electron chi connectivity index (χ2n) is 8.35. The zero-order chi connectivity index (χ0) is 24.5. The number of alkyl halides is 1. The monoisotopic (exact) mass is 598 g/mol. The number of hydrogen-bond acceptors (Lipinski definition) is 4. The van der Waals surface area contributed by atoms with E-state index >= 15 is 0 Å². The average molecular weight is 598 g/mol. The van der Waals surface area contributed by atoms with Crippen molar-refractivity contribution >= 4 is 53.5 Å². The van der Waals surface area contributed by atoms with E-state index in [-0.39, 0.29) is 34.4 Å². The van der Waals surface area contributed by atoms with Gasteiger partial charge in [0.05, 0.1) is 0 Å². The summed E-state index contributed by atoms with van der Waals surface area (Å²) in [6.07, 6.45) is -0.309. The first-order chi connectivity index (χ1) is 17.0. The van der Waals surface area contributed by atoms with Crippen molar-refractivity contribution in [1.29, 1.82) is 0 Å². The Kier molecular flexibility index (Phi) is 6.86. The van der Waals surface area contributed by atoms with Crippen LogP contribution in [0.4, 0.5) is 0 Å². The molecule has 2 aliphatic heterocycles. The second-order valence-corrected chi connectivity index (χ2v) is 12.8. The van der Waals surface area contributed by atoms with Gasteiger partial charge in [0, 0.05) is 18.4 Å². The van der Waals surface area contributed by atoms with Gasteiger partial charge in [-0.05, 0) is 30.4 Å². The molecule has 35 heavy (non-hydrogen) atoms. The first kappa shape index (κ1) is 23.9. The number of nitrogens with two attached hydrogens (primary N) is 1. The molecule has 2 aliphatic rings. The van der Waals surface area contributed by atoms with Gasteiger partial charge in [0.2, 0.25) is 11.8 Å². The van der Waals surface area contributed by atoms with Crippen molar-refractivity contribution in [2.75, 3.05) is 0 Å². The van der Waals surface area contributed by atoms with Crippen LogP contribution in [-0.2, 0) is 9.59 Å². The van der Waals surface area contributed by atoms with Crippen LogP contribution in [0.2, 0.25) is 0 Å². The molecular weight excluding hydrogens is 574 g/mol. The molecule has 3 N–H and O–H groups in total. The van der Waals surface area contributed by atoms with Crippen LogP contribution >= 0.6 is 30.5 Å². The molecule has 9 heteroatoms. The molecule has 4 atom stereocenters. The highest BCUT2D eigenvalue weighted by Crippen LogP contribution is 2.65. The Labute approximate surface area is 218 Å². The third-order valence-corrected chi connectivity index (χ3v) is 11.1. The number of hydrazine groups is 1. The summed E-state index contributed by atoms with van der Waals surface area (Å²) in [7, 11) is -1.06. The van der Waals surface area contributed by atoms with Crippen molar-refractivity contribution < 1.29 is 14.4 Å². The van der Waals surface area contributed by atoms with Gasteiger partial charge in [0.1, 0.15) is 15.7 Å². The van der Waals surface area contributed by atoms with Crippen molar-refractivity contribution in [3.05, 3.63) is 102 Å². The van der Waals surface area contributed by atoms with Crippen molar-refractivity contribution in [3.63, 3.8) is 0 Å². The summed E-state index contributed by atoms with van der Waals surface area (Å²) < 4.78 is -0.213. The SMILES string of the molecule is N[C@H](NC(=O)c1ccccc1[C@H]1N2C(=O)CCC(=O)N2[C@H](I)P1c1ccccc1)c1ccccc1. The minimum absolute atomic E-state index is 0.0667. The van der Waals surface area contributed by atoms with Gasteiger partial charge in [0.15, 0.2) is 0 Å². The molecule has 2 heterocycles. The largest absolute Gasteiger partial charge is 0.333 e. The van der Waals surface area contributed by atoms with Crippen LogP contribution in [0, 0.1) is 0 Å². The minimum Gasteiger partial charge on any atom is -0.333 e. The van der Waals surface area contributed by atoms with Crippen LogP contribution in [-0.4, -0.2) is 31.5 Å². The lowest BCUT2D eigenvalue weighted by Crippen LogP contribution is -2.51. The van der Waals surface area contributed by atoms with E-state index in [2.05, 4.69) is 27.9 Å². The molecule has 7 nitrogen and oxygen atoms in total. The molecule has 3 aromatic rings. The molecule has 0 aromatic heterocycles. The zero-order valence-electron chi connectivity index (χ0n) is 18.8. The molecule has 0 aliphatic carbocycles. The number of nitrogens with zero attached hydrogens (tertiary/aromatic N) is 2. The number of hydrogen-bond donors (Lipinski definition) is 2. The maximum Gasteiger partial charge on any atom is 0.253 e. The van der Waals surface area contributed by atoms with Gasteiger partial charge in [-0.1, -0.05) is 101 Å². The Morgan fingerprint density at radius 1 is 0.886 bits per heavy atom. The minimum atomic E-state index is -1.06. The fraction of sp³-hybridized carbons (Fsp3) is 0.192. The number of fused-ring (bicyclic) bond motifs is 1. The predicted molar refractivity (Wildman–Crippen MR) is 144 cm³/mol. The smallest absolute Gasteiger partial charge is 0.253 e. The molecule has 2 saturated heterocycles. The number of rotatable bonds is 5. The highest BCUT2D eigenvalue weighted by atomic mass is 127. The van der Waals surface area contributed by atoms with Crippen molar-refractivity contribution in [3.8, 4) is 0 Å². The number of halogens is 1. The molecule has 2 fully saturated rings. The van der Waals surface area contributed by atoms with Crippen LogP contribution in [0.5, 0.6) is 0 Å². The summed E-state index contributed by atoms with van der Waals surface area (Å²) in [6, 6.07) is 26.6. The van der Waals surface area contributed by atoms with E-state index in [9.17, 15) is 14.4 Å². The Balaban J connectivity index is 1.57. The number of nitrogens with one attached hydrogen (secondary N) is 1. The third-order valence-electron chi connectivity index (χ3n) is 6.21. The van der Waals surface area contributed by atoms with Crippen LogP contribution in [0.15, 0.2) is 84.9 Å². The van der Waals surface area contributed by atoms with E-state index in [1.54, 1.807) is 22.2 Å². The fourth-order valence-corrected chi connectivity index (χ4v) is 9.76. The standard InChI is InChI=1S/C26H24IN4O3P/c27-26-31-22(33)16-15-21(32)30(31)25(35(26)18-11-5-2-6-12-18)20-14-8-7-13-19(20)24(34)29-23(28)17-9-3-1-4-10-17/h1-14,23,25-26H,15-16,28H2,(H,29,34)/t23-,25+,26+,35?/m1/s1. The first-order valence-corrected chi connectivity index (χ1v) is 14.0. The van der Waals surface area contributed by atoms with Gasteiger partial charge in [-0.15, -0.1) is 0 Å². The Bertz CT molecular complexity index is 1260. The highest BCUT2D eigenvalue weighted by molar-refractivity contribution is 14.1. The summed E-state index contributed by atoms with van der Waals surface area (Å²) in [5.41, 5.74) is 8.23. The van der Waals surface area contributed by atoms with E-state index in [1.165, 1.54) is 0 Å². The molecule has 0 bridgehead atoms. The van der Waals surface area contributed by atoms with Gasteiger partial charge in [0.25, 0.3) is 5.91 Å². The van der Waals surface area contributed by atoms with Gasteiger partial charge in [-0.3, -0.25) is 14.4 Å². The molecule has 1 unspecified atom stereocenters. The van der Waals surface area contributed by atoms with E-state index in [0.717, 1.165) is 10.9 Å². The van der Waals surface area contributed by atoms with Crippen LogP contribution in [0.1, 0.15) is 46.3 Å². The lowest BCUT2D eigenvalue weighted by molar-refractivity contribution is -0.168. The molecular formula is C26H24IN4O3P. The third kappa shape index (κ3) is 4.46. The van der Waals surface area contributed by atoms with E-state index in [1.807, 2.05) is 72.8 Å². The lowest BCUT2D eigenvalue weighted by Gasteiger charge is -2.36. The molecule has 5 rings (SSSR count). The van der Waals surface area contributed by atoms with Crippen molar-refractivity contribution in [2.24, 2.45) is 5.73 Å². The molecule has 3 amide bonds. The van der Waals surface area contributed by atoms with Gasteiger partial charge >= 0.3 is 0 Å². The predicted octanol–water partition coefficient (Wildman–Crippen LogP) is 3.98. The van der Waals surface area contributed by atoms with Crippen molar-refractivity contribution in [2.45, 2.75) is 28.6 Å². The van der Waals surface area contributed by atoms with E-state index in [4.69, 9.17) is 5.73 Å². The second kappa shape index (κ2) is 10.0. The van der Waals surface area contributed by atoms with E-state index < -0.39 is 19.9 Å². The zero-order valence-corrected chi connectivity index (χ0v) is 21.8. The van der Waals surface area contributed by atoms with Gasteiger partial charge in [-0.2, -0.15) is 0 Å². The molecule has 178 valence electrons. The lowest BCUT2D eigenvalue weighted by atomic mass is 10.0. The fourth-order valence-electron chi connectivity index (χ4n) is 4.55. The van der Waals surface area contributed by atoms with E-state index in [0.29, 0.717) is 11.1 Å². The molecule has 0 spiro atoms. The summed E-state index contributed by atoms with van der Waals surface area (Å²) in [5, 5.41) is 7.18. The van der Waals surface area contributed by atoms with Gasteiger partial charge in [-0.25, -0.2) is 10.0 Å². The van der Waals surface area contributed by atoms with Crippen molar-refractivity contribution in [1.82, 2.24) is 15.3 Å². The molecule has 3 aromatic carbocycles. The Morgan fingerprint density at radius 3 is 2.14 bits per heavy atom. The first-order valence-electron chi connectivity index (χ1n) is 11.3. The van der Waals surface area contributed by atoms with Crippen LogP contribution < -0.4 is 16.4 Å². The summed E-state index contributed by atoms with van der Waals surface area (Å²) in [6.45, 7) is 0. The summed E-state index contributed by atoms with van der Waals surface area (Å²) >= 11 is 2.28. The molecule has 0 saturated carbocycles. The Morgan fingerprint density at radius 2 is 1.46 bits per heavy atom.